The highest BCUT2D eigenvalue weighted by Gasteiger charge is 2.17. The molecule has 0 aromatic rings. The molecule has 0 fully saturated rings. The van der Waals surface area contributed by atoms with E-state index in [9.17, 15) is 0 Å². The Morgan fingerprint density at radius 1 is 1.00 bits per heavy atom. The summed E-state index contributed by atoms with van der Waals surface area (Å²) in [6.45, 7) is 0. The maximum Gasteiger partial charge on any atom is 0.00127 e. The summed E-state index contributed by atoms with van der Waals surface area (Å²) in [4.78, 5) is 0. The van der Waals surface area contributed by atoms with Gasteiger partial charge in [0.25, 0.3) is 0 Å². The second kappa shape index (κ2) is 2.45. The molecule has 0 nitrogen and oxygen atoms in total. The van der Waals surface area contributed by atoms with Gasteiger partial charge in [0.2, 0.25) is 0 Å². The quantitative estimate of drug-likeness (QED) is 0.444. The van der Waals surface area contributed by atoms with Crippen LogP contribution in [0.25, 0.3) is 0 Å². The molecular weight excluding hydrogens is 120 g/mol. The summed E-state index contributed by atoms with van der Waals surface area (Å²) in [5.41, 5.74) is 0. The average Bonchev–Trinajstić information content (AvgIpc) is 2.05. The van der Waals surface area contributed by atoms with Crippen molar-refractivity contribution >= 4 is 0 Å². The van der Waals surface area contributed by atoms with Crippen LogP contribution in [0, 0.1) is 11.8 Å². The second-order valence-corrected chi connectivity index (χ2v) is 3.02. The Balaban J connectivity index is 2.21. The Morgan fingerprint density at radius 3 is 2.80 bits per heavy atom. The predicted octanol–water partition coefficient (Wildman–Crippen LogP) is 2.69. The van der Waals surface area contributed by atoms with Gasteiger partial charge in [0, 0.05) is 5.92 Å². The second-order valence-electron chi connectivity index (χ2n) is 3.02. The first kappa shape index (κ1) is 5.96. The van der Waals surface area contributed by atoms with E-state index in [2.05, 4.69) is 36.5 Å². The fourth-order valence-electron chi connectivity index (χ4n) is 1.71. The van der Waals surface area contributed by atoms with E-state index >= 15 is 0 Å². The van der Waals surface area contributed by atoms with Crippen molar-refractivity contribution in [1.82, 2.24) is 0 Å². The van der Waals surface area contributed by atoms with Crippen LogP contribution in [0.4, 0.5) is 0 Å². The number of fused-ring (bicyclic) bond motifs is 1. The molecule has 0 saturated carbocycles. The molecule has 0 unspecified atom stereocenters. The van der Waals surface area contributed by atoms with Crippen molar-refractivity contribution in [3.63, 3.8) is 0 Å². The minimum atomic E-state index is 0.707. The molecule has 0 spiro atoms. The van der Waals surface area contributed by atoms with Crippen LogP contribution in [0.15, 0.2) is 36.5 Å². The van der Waals surface area contributed by atoms with Crippen LogP contribution < -0.4 is 0 Å². The normalized spacial score (nSPS) is 36.0. The molecule has 0 amide bonds. The van der Waals surface area contributed by atoms with Crippen molar-refractivity contribution in [3.8, 4) is 0 Å². The summed E-state index contributed by atoms with van der Waals surface area (Å²) in [6, 6.07) is 0. The highest BCUT2D eigenvalue weighted by Crippen LogP contribution is 2.28. The van der Waals surface area contributed by atoms with Gasteiger partial charge >= 0.3 is 0 Å². The van der Waals surface area contributed by atoms with Gasteiger partial charge in [0.1, 0.15) is 0 Å². The molecule has 0 radical (unpaired) electrons. The summed E-state index contributed by atoms with van der Waals surface area (Å²) < 4.78 is 0. The van der Waals surface area contributed by atoms with E-state index in [1.165, 1.54) is 12.8 Å². The van der Waals surface area contributed by atoms with E-state index in [0.29, 0.717) is 5.92 Å². The van der Waals surface area contributed by atoms with Crippen molar-refractivity contribution in [2.75, 3.05) is 0 Å². The Kier molecular flexibility index (Phi) is 1.46. The smallest absolute Gasteiger partial charge is 0.00127 e. The lowest BCUT2D eigenvalue weighted by molar-refractivity contribution is 0.492. The first-order valence-corrected chi connectivity index (χ1v) is 3.98. The molecule has 2 atom stereocenters. The summed E-state index contributed by atoms with van der Waals surface area (Å²) in [6.07, 6.45) is 16.2. The highest BCUT2D eigenvalue weighted by molar-refractivity contribution is 5.20. The maximum absolute atomic E-state index is 2.33. The minimum Gasteiger partial charge on any atom is -0.0879 e. The molecule has 10 heavy (non-hydrogen) atoms. The van der Waals surface area contributed by atoms with Gasteiger partial charge in [-0.25, -0.2) is 0 Å². The van der Waals surface area contributed by atoms with Crippen LogP contribution in [-0.2, 0) is 0 Å². The van der Waals surface area contributed by atoms with Gasteiger partial charge in [-0.1, -0.05) is 36.5 Å². The number of hydrogen-bond donors (Lipinski definition) is 0. The van der Waals surface area contributed by atoms with Gasteiger partial charge in [0.05, 0.1) is 0 Å². The molecule has 0 heterocycles. The fraction of sp³-hybridized carbons (Fsp3) is 0.400. The van der Waals surface area contributed by atoms with E-state index in [1.54, 1.807) is 0 Å². The van der Waals surface area contributed by atoms with Crippen LogP contribution in [-0.4, -0.2) is 0 Å². The van der Waals surface area contributed by atoms with Crippen LogP contribution >= 0.6 is 0 Å². The van der Waals surface area contributed by atoms with Gasteiger partial charge in [-0.2, -0.15) is 0 Å². The molecular formula is C10H12. The summed E-state index contributed by atoms with van der Waals surface area (Å²) in [5, 5.41) is 0. The first-order chi connectivity index (χ1) is 4.97. The van der Waals surface area contributed by atoms with Crippen LogP contribution in [0.1, 0.15) is 12.8 Å². The van der Waals surface area contributed by atoms with Crippen molar-refractivity contribution in [1.29, 1.82) is 0 Å². The van der Waals surface area contributed by atoms with Gasteiger partial charge in [-0.05, 0) is 18.8 Å². The zero-order chi connectivity index (χ0) is 6.81. The Hall–Kier alpha value is -0.780. The van der Waals surface area contributed by atoms with Gasteiger partial charge in [0.15, 0.2) is 0 Å². The summed E-state index contributed by atoms with van der Waals surface area (Å²) in [7, 11) is 0. The van der Waals surface area contributed by atoms with E-state index in [-0.39, 0.29) is 0 Å². The van der Waals surface area contributed by atoms with E-state index in [1.807, 2.05) is 0 Å². The third kappa shape index (κ3) is 0.942. The van der Waals surface area contributed by atoms with Gasteiger partial charge in [-0.15, -0.1) is 0 Å². The SMILES string of the molecule is C1=C[C@H]2C=CCC[C@@H]2C=C1. The zero-order valence-electron chi connectivity index (χ0n) is 6.03. The van der Waals surface area contributed by atoms with Crippen molar-refractivity contribution in [2.45, 2.75) is 12.8 Å². The first-order valence-electron chi connectivity index (χ1n) is 3.98. The highest BCUT2D eigenvalue weighted by atomic mass is 14.2. The van der Waals surface area contributed by atoms with E-state index < -0.39 is 0 Å². The number of allylic oxidation sites excluding steroid dienone is 6. The monoisotopic (exact) mass is 132 g/mol. The lowest BCUT2D eigenvalue weighted by atomic mass is 9.81. The Morgan fingerprint density at radius 2 is 1.90 bits per heavy atom. The van der Waals surface area contributed by atoms with Gasteiger partial charge in [-0.3, -0.25) is 0 Å². The van der Waals surface area contributed by atoms with Gasteiger partial charge < -0.3 is 0 Å². The molecule has 0 heteroatoms. The standard InChI is InChI=1S/C10H12/c1-2-6-10-8-4-3-7-9(10)5-1/h1-3,5-7,9-10H,4,8H2/t9-,10-/m0/s1. The molecule has 2 aliphatic carbocycles. The Labute approximate surface area is 61.9 Å². The number of hydrogen-bond acceptors (Lipinski definition) is 0. The number of rotatable bonds is 0. The molecule has 2 rings (SSSR count). The largest absolute Gasteiger partial charge is 0.0879 e. The van der Waals surface area contributed by atoms with Crippen molar-refractivity contribution in [3.05, 3.63) is 36.5 Å². The molecule has 2 aliphatic rings. The summed E-state index contributed by atoms with van der Waals surface area (Å²) in [5.74, 6) is 1.51. The van der Waals surface area contributed by atoms with Crippen LogP contribution in [0.3, 0.4) is 0 Å². The molecule has 52 valence electrons. The molecule has 0 aromatic heterocycles. The topological polar surface area (TPSA) is 0 Å². The lowest BCUT2D eigenvalue weighted by Gasteiger charge is -2.23. The maximum atomic E-state index is 2.33. The third-order valence-electron chi connectivity index (χ3n) is 2.32. The van der Waals surface area contributed by atoms with Crippen molar-refractivity contribution in [2.24, 2.45) is 11.8 Å². The average molecular weight is 132 g/mol. The molecule has 0 aromatic carbocycles. The van der Waals surface area contributed by atoms with Crippen LogP contribution in [0.5, 0.6) is 0 Å². The molecule has 0 bridgehead atoms. The third-order valence-corrected chi connectivity index (χ3v) is 2.32. The summed E-state index contributed by atoms with van der Waals surface area (Å²) >= 11 is 0. The van der Waals surface area contributed by atoms with Crippen molar-refractivity contribution < 1.29 is 0 Å². The fourth-order valence-corrected chi connectivity index (χ4v) is 1.71. The van der Waals surface area contributed by atoms with E-state index in [4.69, 9.17) is 0 Å². The lowest BCUT2D eigenvalue weighted by Crippen LogP contribution is -2.12. The molecule has 0 N–H and O–H groups in total. The molecule has 0 aliphatic heterocycles. The zero-order valence-corrected chi connectivity index (χ0v) is 6.03. The van der Waals surface area contributed by atoms with E-state index in [0.717, 1.165) is 5.92 Å². The Bertz CT molecular complexity index is 196. The minimum absolute atomic E-state index is 0.707. The van der Waals surface area contributed by atoms with Crippen LogP contribution in [0.2, 0.25) is 0 Å². The predicted molar refractivity (Wildman–Crippen MR) is 43.6 cm³/mol. The molecule has 0 saturated heterocycles.